The zero-order valence-electron chi connectivity index (χ0n) is 15.5. The van der Waals surface area contributed by atoms with Crippen LogP contribution in [-0.4, -0.2) is 18.0 Å². The molecule has 0 aromatic carbocycles. The molecule has 0 saturated heterocycles. The molecular weight excluding hydrogens is 302 g/mol. The van der Waals surface area contributed by atoms with Crippen molar-refractivity contribution in [3.05, 3.63) is 24.4 Å². The summed E-state index contributed by atoms with van der Waals surface area (Å²) in [5.41, 5.74) is 0. The van der Waals surface area contributed by atoms with Gasteiger partial charge in [0.15, 0.2) is 0 Å². The summed E-state index contributed by atoms with van der Waals surface area (Å²) >= 11 is 0. The van der Waals surface area contributed by atoms with Crippen molar-refractivity contribution in [3.8, 4) is 0 Å². The van der Waals surface area contributed by atoms with Gasteiger partial charge in [-0.3, -0.25) is 0 Å². The Morgan fingerprint density at radius 3 is 1.57 bits per heavy atom. The summed E-state index contributed by atoms with van der Waals surface area (Å²) in [5.74, 6) is 0. The maximum Gasteiger partial charge on any atom is 0.0357 e. The van der Waals surface area contributed by atoms with E-state index in [2.05, 4.69) is 36.3 Å². The Hall–Kier alpha value is -0.430. The van der Waals surface area contributed by atoms with Crippen LogP contribution in [0.15, 0.2) is 24.4 Å². The molecule has 1 nitrogen and oxygen atoms in total. The third-order valence-corrected chi connectivity index (χ3v) is 4.68. The van der Waals surface area contributed by atoms with Crippen LogP contribution < -0.4 is 0 Å². The second kappa shape index (κ2) is 17.9. The fourth-order valence-electron chi connectivity index (χ4n) is 3.18. The van der Waals surface area contributed by atoms with Crippen molar-refractivity contribution < 1.29 is 0 Å². The summed E-state index contributed by atoms with van der Waals surface area (Å²) in [6.07, 6.45) is 28.9. The Bertz CT molecular complexity index is 286. The molecule has 0 aromatic heterocycles. The molecule has 0 fully saturated rings. The highest BCUT2D eigenvalue weighted by Crippen LogP contribution is 2.13. The minimum atomic E-state index is 0. The minimum Gasteiger partial charge on any atom is -0.374 e. The quantitative estimate of drug-likeness (QED) is 0.283. The van der Waals surface area contributed by atoms with Gasteiger partial charge in [0, 0.05) is 13.1 Å². The molecule has 0 spiro atoms. The van der Waals surface area contributed by atoms with E-state index in [-0.39, 0.29) is 12.4 Å². The summed E-state index contributed by atoms with van der Waals surface area (Å²) in [7, 11) is 0. The van der Waals surface area contributed by atoms with E-state index in [0.717, 1.165) is 6.54 Å². The second-order valence-electron chi connectivity index (χ2n) is 6.86. The lowest BCUT2D eigenvalue weighted by molar-refractivity contribution is 0.392. The van der Waals surface area contributed by atoms with Crippen LogP contribution in [0.2, 0.25) is 0 Å². The summed E-state index contributed by atoms with van der Waals surface area (Å²) in [6.45, 7) is 4.63. The first-order valence-corrected chi connectivity index (χ1v) is 10.0. The first-order valence-electron chi connectivity index (χ1n) is 10.0. The Morgan fingerprint density at radius 2 is 1.13 bits per heavy atom. The third-order valence-electron chi connectivity index (χ3n) is 4.68. The molecule has 1 aliphatic heterocycles. The first kappa shape index (κ1) is 22.6. The van der Waals surface area contributed by atoms with E-state index in [4.69, 9.17) is 0 Å². The molecule has 1 heterocycles. The number of hydrogen-bond acceptors (Lipinski definition) is 1. The zero-order valence-corrected chi connectivity index (χ0v) is 16.3. The van der Waals surface area contributed by atoms with Crippen LogP contribution in [-0.2, 0) is 0 Å². The number of unbranched alkanes of at least 4 members (excludes halogenated alkanes) is 13. The number of halogens is 1. The zero-order chi connectivity index (χ0) is 15.7. The summed E-state index contributed by atoms with van der Waals surface area (Å²) < 4.78 is 0. The SMILES string of the molecule is CCCCCCCCCCCCCCCCN1C=CC=CC1.Cl. The van der Waals surface area contributed by atoms with Crippen molar-refractivity contribution in [3.63, 3.8) is 0 Å². The number of nitrogens with zero attached hydrogens (tertiary/aromatic N) is 1. The molecule has 0 aliphatic carbocycles. The molecule has 1 aliphatic rings. The predicted octanol–water partition coefficient (Wildman–Crippen LogP) is 7.28. The summed E-state index contributed by atoms with van der Waals surface area (Å²) in [4.78, 5) is 2.42. The standard InChI is InChI=1S/C21H39N.ClH/c1-2-3-4-5-6-7-8-9-10-11-12-13-14-16-19-22-20-17-15-18-21-22;/h15,17-18,20H,2-14,16,19,21H2,1H3;1H. The van der Waals surface area contributed by atoms with Gasteiger partial charge in [-0.25, -0.2) is 0 Å². The van der Waals surface area contributed by atoms with E-state index < -0.39 is 0 Å². The van der Waals surface area contributed by atoms with Gasteiger partial charge in [-0.05, 0) is 18.7 Å². The van der Waals surface area contributed by atoms with Gasteiger partial charge in [-0.15, -0.1) is 12.4 Å². The molecule has 1 rings (SSSR count). The smallest absolute Gasteiger partial charge is 0.0357 e. The minimum absolute atomic E-state index is 0. The molecule has 0 unspecified atom stereocenters. The van der Waals surface area contributed by atoms with Crippen LogP contribution in [0, 0.1) is 0 Å². The topological polar surface area (TPSA) is 3.24 Å². The highest BCUT2D eigenvalue weighted by atomic mass is 35.5. The van der Waals surface area contributed by atoms with E-state index in [9.17, 15) is 0 Å². The number of hydrogen-bond donors (Lipinski definition) is 0. The molecule has 0 N–H and O–H groups in total. The van der Waals surface area contributed by atoms with Crippen molar-refractivity contribution in [2.24, 2.45) is 0 Å². The lowest BCUT2D eigenvalue weighted by atomic mass is 10.0. The molecule has 0 saturated carbocycles. The van der Waals surface area contributed by atoms with E-state index in [1.54, 1.807) is 0 Å². The maximum atomic E-state index is 2.42. The lowest BCUT2D eigenvalue weighted by Crippen LogP contribution is -2.19. The van der Waals surface area contributed by atoms with Crippen molar-refractivity contribution in [1.82, 2.24) is 4.90 Å². The highest BCUT2D eigenvalue weighted by molar-refractivity contribution is 5.85. The Balaban J connectivity index is 0.00000484. The average Bonchev–Trinajstić information content (AvgIpc) is 2.56. The number of allylic oxidation sites excluding steroid dienone is 2. The van der Waals surface area contributed by atoms with Crippen LogP contribution in [0.25, 0.3) is 0 Å². The van der Waals surface area contributed by atoms with Gasteiger partial charge in [-0.2, -0.15) is 0 Å². The largest absolute Gasteiger partial charge is 0.374 e. The van der Waals surface area contributed by atoms with Crippen molar-refractivity contribution in [1.29, 1.82) is 0 Å². The van der Waals surface area contributed by atoms with Crippen LogP contribution in [0.4, 0.5) is 0 Å². The van der Waals surface area contributed by atoms with E-state index >= 15 is 0 Å². The van der Waals surface area contributed by atoms with Crippen LogP contribution in [0.3, 0.4) is 0 Å². The Kier molecular flexibility index (Phi) is 17.6. The maximum absolute atomic E-state index is 2.42. The summed E-state index contributed by atoms with van der Waals surface area (Å²) in [6, 6.07) is 0. The van der Waals surface area contributed by atoms with Crippen LogP contribution in [0.5, 0.6) is 0 Å². The second-order valence-corrected chi connectivity index (χ2v) is 6.86. The van der Waals surface area contributed by atoms with Gasteiger partial charge in [-0.1, -0.05) is 103 Å². The summed E-state index contributed by atoms with van der Waals surface area (Å²) in [5, 5.41) is 0. The Morgan fingerprint density at radius 1 is 0.652 bits per heavy atom. The van der Waals surface area contributed by atoms with Crippen molar-refractivity contribution in [2.45, 2.75) is 96.8 Å². The van der Waals surface area contributed by atoms with E-state index in [1.165, 1.54) is 96.4 Å². The lowest BCUT2D eigenvalue weighted by Gasteiger charge is -2.20. The molecule has 0 radical (unpaired) electrons. The molecular formula is C21H40ClN. The first-order chi connectivity index (χ1) is 10.9. The van der Waals surface area contributed by atoms with Gasteiger partial charge < -0.3 is 4.90 Å². The van der Waals surface area contributed by atoms with E-state index in [0.29, 0.717) is 0 Å². The van der Waals surface area contributed by atoms with Crippen molar-refractivity contribution >= 4 is 12.4 Å². The fraction of sp³-hybridized carbons (Fsp3) is 0.810. The van der Waals surface area contributed by atoms with Gasteiger partial charge >= 0.3 is 0 Å². The average molecular weight is 342 g/mol. The predicted molar refractivity (Wildman–Crippen MR) is 107 cm³/mol. The van der Waals surface area contributed by atoms with Crippen LogP contribution >= 0.6 is 12.4 Å². The monoisotopic (exact) mass is 341 g/mol. The van der Waals surface area contributed by atoms with Crippen LogP contribution in [0.1, 0.15) is 96.8 Å². The third kappa shape index (κ3) is 14.9. The van der Waals surface area contributed by atoms with Crippen molar-refractivity contribution in [2.75, 3.05) is 13.1 Å². The normalized spacial score (nSPS) is 13.3. The Labute approximate surface area is 152 Å². The highest BCUT2D eigenvalue weighted by Gasteiger charge is 1.99. The van der Waals surface area contributed by atoms with Gasteiger partial charge in [0.05, 0.1) is 0 Å². The fourth-order valence-corrected chi connectivity index (χ4v) is 3.18. The van der Waals surface area contributed by atoms with Gasteiger partial charge in [0.1, 0.15) is 0 Å². The molecule has 0 bridgehead atoms. The molecule has 0 amide bonds. The molecule has 0 atom stereocenters. The molecule has 136 valence electrons. The molecule has 0 aromatic rings. The van der Waals surface area contributed by atoms with Gasteiger partial charge in [0.25, 0.3) is 0 Å². The molecule has 23 heavy (non-hydrogen) atoms. The van der Waals surface area contributed by atoms with E-state index in [1.807, 2.05) is 0 Å². The number of rotatable bonds is 15. The molecule has 2 heteroatoms. The van der Waals surface area contributed by atoms with Gasteiger partial charge in [0.2, 0.25) is 0 Å².